The molecule has 0 radical (unpaired) electrons. The number of allylic oxidation sites excluding steroid dienone is 1. The fraction of sp³-hybridized carbons (Fsp3) is 0.278. The predicted molar refractivity (Wildman–Crippen MR) is 89.8 cm³/mol. The molecule has 2 aromatic rings. The van der Waals surface area contributed by atoms with Crippen molar-refractivity contribution in [2.45, 2.75) is 27.7 Å². The number of hydrogen-bond donors (Lipinski definition) is 1. The monoisotopic (exact) mass is 295 g/mol. The number of carbonyl (C=O) groups is 1. The number of anilines is 1. The first kappa shape index (κ1) is 15.9. The number of nitrogens with zero attached hydrogens (tertiary/aromatic N) is 2. The number of aryl methyl sites for hydroxylation is 2. The Kier molecular flexibility index (Phi) is 5.04. The number of amides is 1. The summed E-state index contributed by atoms with van der Waals surface area (Å²) in [6, 6.07) is 9.26. The van der Waals surface area contributed by atoms with Gasteiger partial charge in [-0.3, -0.25) is 4.79 Å². The third-order valence-corrected chi connectivity index (χ3v) is 3.05. The van der Waals surface area contributed by atoms with E-state index in [0.717, 1.165) is 11.3 Å². The molecule has 4 heteroatoms. The summed E-state index contributed by atoms with van der Waals surface area (Å²) >= 11 is 0. The van der Waals surface area contributed by atoms with Crippen LogP contribution in [0.15, 0.2) is 36.4 Å². The summed E-state index contributed by atoms with van der Waals surface area (Å²) < 4.78 is 0. The average Bonchev–Trinajstić information content (AvgIpc) is 2.44. The molecule has 2 rings (SSSR count). The Morgan fingerprint density at radius 1 is 1.14 bits per heavy atom. The minimum absolute atomic E-state index is 0.170. The van der Waals surface area contributed by atoms with Gasteiger partial charge in [-0.15, -0.1) is 0 Å². The average molecular weight is 295 g/mol. The van der Waals surface area contributed by atoms with Crippen LogP contribution in [0.4, 0.5) is 5.82 Å². The summed E-state index contributed by atoms with van der Waals surface area (Å²) in [4.78, 5) is 20.6. The maximum atomic E-state index is 12.2. The van der Waals surface area contributed by atoms with Crippen molar-refractivity contribution in [1.29, 1.82) is 0 Å². The first-order chi connectivity index (χ1) is 10.4. The van der Waals surface area contributed by atoms with Gasteiger partial charge in [-0.05, 0) is 37.5 Å². The van der Waals surface area contributed by atoms with Crippen molar-refractivity contribution < 1.29 is 4.79 Å². The van der Waals surface area contributed by atoms with Crippen molar-refractivity contribution in [3.63, 3.8) is 0 Å². The molecule has 0 aliphatic rings. The van der Waals surface area contributed by atoms with Crippen LogP contribution in [-0.2, 0) is 0 Å². The molecule has 0 bridgehead atoms. The first-order valence-electron chi connectivity index (χ1n) is 7.36. The summed E-state index contributed by atoms with van der Waals surface area (Å²) in [5.74, 6) is 1.51. The molecule has 114 valence electrons. The summed E-state index contributed by atoms with van der Waals surface area (Å²) in [6.07, 6.45) is 4.19. The molecule has 0 aliphatic carbocycles. The van der Waals surface area contributed by atoms with Gasteiger partial charge in [-0.1, -0.05) is 38.1 Å². The SMILES string of the molecule is Cc1cc(NC(=O)c2ccc(/C=C/C(C)C)cc2)nc(C)n1. The Balaban J connectivity index is 2.09. The highest BCUT2D eigenvalue weighted by atomic mass is 16.1. The summed E-state index contributed by atoms with van der Waals surface area (Å²) in [5.41, 5.74) is 2.52. The van der Waals surface area contributed by atoms with Gasteiger partial charge in [-0.2, -0.15) is 0 Å². The van der Waals surface area contributed by atoms with Gasteiger partial charge in [-0.25, -0.2) is 9.97 Å². The lowest BCUT2D eigenvalue weighted by Gasteiger charge is -2.06. The molecule has 0 saturated carbocycles. The molecule has 1 aromatic carbocycles. The summed E-state index contributed by atoms with van der Waals surface area (Å²) in [7, 11) is 0. The van der Waals surface area contributed by atoms with Gasteiger partial charge >= 0.3 is 0 Å². The lowest BCUT2D eigenvalue weighted by Crippen LogP contribution is -2.13. The Morgan fingerprint density at radius 2 is 1.82 bits per heavy atom. The van der Waals surface area contributed by atoms with E-state index in [1.54, 1.807) is 13.0 Å². The predicted octanol–water partition coefficient (Wildman–Crippen LogP) is 4.01. The zero-order chi connectivity index (χ0) is 16.1. The molecule has 0 saturated heterocycles. The van der Waals surface area contributed by atoms with E-state index in [9.17, 15) is 4.79 Å². The number of benzene rings is 1. The highest BCUT2D eigenvalue weighted by Gasteiger charge is 2.07. The fourth-order valence-corrected chi connectivity index (χ4v) is 2.02. The van der Waals surface area contributed by atoms with E-state index in [1.807, 2.05) is 31.2 Å². The third-order valence-electron chi connectivity index (χ3n) is 3.05. The smallest absolute Gasteiger partial charge is 0.256 e. The van der Waals surface area contributed by atoms with Crippen LogP contribution in [0, 0.1) is 19.8 Å². The van der Waals surface area contributed by atoms with Crippen LogP contribution < -0.4 is 5.32 Å². The zero-order valence-corrected chi connectivity index (χ0v) is 13.4. The molecule has 0 fully saturated rings. The Hall–Kier alpha value is -2.49. The number of carbonyl (C=O) groups excluding carboxylic acids is 1. The van der Waals surface area contributed by atoms with Crippen LogP contribution in [0.25, 0.3) is 6.08 Å². The van der Waals surface area contributed by atoms with E-state index in [0.29, 0.717) is 23.1 Å². The van der Waals surface area contributed by atoms with Gasteiger partial charge < -0.3 is 5.32 Å². The first-order valence-corrected chi connectivity index (χ1v) is 7.36. The Labute approximate surface area is 131 Å². The third kappa shape index (κ3) is 4.52. The molecular weight excluding hydrogens is 274 g/mol. The van der Waals surface area contributed by atoms with Crippen LogP contribution in [0.5, 0.6) is 0 Å². The summed E-state index contributed by atoms with van der Waals surface area (Å²) in [6.45, 7) is 7.94. The highest BCUT2D eigenvalue weighted by molar-refractivity contribution is 6.03. The quantitative estimate of drug-likeness (QED) is 0.927. The van der Waals surface area contributed by atoms with Gasteiger partial charge in [0.1, 0.15) is 11.6 Å². The molecule has 0 aliphatic heterocycles. The second kappa shape index (κ2) is 6.98. The van der Waals surface area contributed by atoms with Crippen LogP contribution in [0.1, 0.15) is 41.3 Å². The lowest BCUT2D eigenvalue weighted by molar-refractivity contribution is 0.102. The topological polar surface area (TPSA) is 54.9 Å². The molecule has 1 aromatic heterocycles. The molecule has 22 heavy (non-hydrogen) atoms. The largest absolute Gasteiger partial charge is 0.306 e. The minimum Gasteiger partial charge on any atom is -0.306 e. The van der Waals surface area contributed by atoms with Gasteiger partial charge in [0.15, 0.2) is 0 Å². The van der Waals surface area contributed by atoms with Crippen molar-refractivity contribution in [1.82, 2.24) is 9.97 Å². The van der Waals surface area contributed by atoms with Crippen LogP contribution in [0.3, 0.4) is 0 Å². The molecule has 1 heterocycles. The summed E-state index contributed by atoms with van der Waals surface area (Å²) in [5, 5.41) is 2.80. The standard InChI is InChI=1S/C18H21N3O/c1-12(2)5-6-15-7-9-16(10-8-15)18(22)21-17-11-13(3)19-14(4)20-17/h5-12H,1-4H3,(H,19,20,21,22)/b6-5+. The van der Waals surface area contributed by atoms with E-state index in [1.165, 1.54) is 0 Å². The van der Waals surface area contributed by atoms with Crippen LogP contribution in [0.2, 0.25) is 0 Å². The van der Waals surface area contributed by atoms with E-state index in [4.69, 9.17) is 0 Å². The second-order valence-corrected chi connectivity index (χ2v) is 5.62. The number of hydrogen-bond acceptors (Lipinski definition) is 3. The highest BCUT2D eigenvalue weighted by Crippen LogP contribution is 2.11. The number of aromatic nitrogens is 2. The van der Waals surface area contributed by atoms with E-state index in [-0.39, 0.29) is 5.91 Å². The van der Waals surface area contributed by atoms with Gasteiger partial charge in [0.2, 0.25) is 0 Å². The van der Waals surface area contributed by atoms with E-state index < -0.39 is 0 Å². The van der Waals surface area contributed by atoms with Crippen LogP contribution >= 0.6 is 0 Å². The molecule has 4 nitrogen and oxygen atoms in total. The molecule has 0 atom stereocenters. The maximum absolute atomic E-state index is 12.2. The fourth-order valence-electron chi connectivity index (χ4n) is 2.02. The van der Waals surface area contributed by atoms with E-state index in [2.05, 4.69) is 41.3 Å². The molecule has 1 amide bonds. The number of nitrogens with one attached hydrogen (secondary N) is 1. The molecule has 1 N–H and O–H groups in total. The van der Waals surface area contributed by atoms with Crippen molar-refractivity contribution in [2.24, 2.45) is 5.92 Å². The van der Waals surface area contributed by atoms with Gasteiger partial charge in [0.25, 0.3) is 5.91 Å². The minimum atomic E-state index is -0.170. The number of rotatable bonds is 4. The van der Waals surface area contributed by atoms with Gasteiger partial charge in [0.05, 0.1) is 0 Å². The zero-order valence-electron chi connectivity index (χ0n) is 13.4. The van der Waals surface area contributed by atoms with Crippen molar-refractivity contribution in [3.05, 3.63) is 59.1 Å². The maximum Gasteiger partial charge on any atom is 0.256 e. The molecular formula is C18H21N3O. The van der Waals surface area contributed by atoms with Gasteiger partial charge in [0, 0.05) is 17.3 Å². The second-order valence-electron chi connectivity index (χ2n) is 5.62. The van der Waals surface area contributed by atoms with Crippen molar-refractivity contribution in [3.8, 4) is 0 Å². The Morgan fingerprint density at radius 3 is 2.41 bits per heavy atom. The normalized spacial score (nSPS) is 11.1. The van der Waals surface area contributed by atoms with Crippen molar-refractivity contribution >= 4 is 17.8 Å². The Bertz CT molecular complexity index is 668. The lowest BCUT2D eigenvalue weighted by atomic mass is 10.1. The van der Waals surface area contributed by atoms with E-state index >= 15 is 0 Å². The van der Waals surface area contributed by atoms with Crippen molar-refractivity contribution in [2.75, 3.05) is 5.32 Å². The molecule has 0 spiro atoms. The van der Waals surface area contributed by atoms with Crippen LogP contribution in [-0.4, -0.2) is 15.9 Å². The molecule has 0 unspecified atom stereocenters.